The third-order valence-corrected chi connectivity index (χ3v) is 3.68. The number of anilines is 1. The Morgan fingerprint density at radius 1 is 1.67 bits per heavy atom. The van der Waals surface area contributed by atoms with Crippen LogP contribution in [0, 0.1) is 9.49 Å². The summed E-state index contributed by atoms with van der Waals surface area (Å²) in [6, 6.07) is 0.530. The number of halogens is 1. The van der Waals surface area contributed by atoms with E-state index in [0.717, 1.165) is 28.9 Å². The second-order valence-corrected chi connectivity index (χ2v) is 5.20. The van der Waals surface area contributed by atoms with Gasteiger partial charge in [0.05, 0.1) is 3.57 Å². The molecule has 1 aliphatic heterocycles. The molecule has 0 spiro atoms. The third-order valence-electron chi connectivity index (χ3n) is 2.91. The molecule has 2 unspecified atom stereocenters. The van der Waals surface area contributed by atoms with Crippen LogP contribution in [-0.2, 0) is 0 Å². The number of rotatable bonds is 2. The van der Waals surface area contributed by atoms with Crippen LogP contribution in [0.5, 0.6) is 0 Å². The quantitative estimate of drug-likeness (QED) is 0.834. The number of hydrogen-bond acceptors (Lipinski definition) is 4. The van der Waals surface area contributed by atoms with E-state index in [1.54, 1.807) is 6.33 Å². The van der Waals surface area contributed by atoms with Crippen LogP contribution in [0.15, 0.2) is 12.5 Å². The molecule has 4 nitrogen and oxygen atoms in total. The van der Waals surface area contributed by atoms with Crippen molar-refractivity contribution in [1.82, 2.24) is 9.97 Å². The van der Waals surface area contributed by atoms with E-state index in [-0.39, 0.29) is 0 Å². The number of nitrogens with two attached hydrogens (primary N) is 1. The van der Waals surface area contributed by atoms with Gasteiger partial charge < -0.3 is 10.6 Å². The summed E-state index contributed by atoms with van der Waals surface area (Å²) in [6.45, 7) is 4.01. The van der Waals surface area contributed by atoms with Crippen LogP contribution in [0.25, 0.3) is 0 Å². The molecule has 0 saturated carbocycles. The maximum absolute atomic E-state index is 5.71. The van der Waals surface area contributed by atoms with Crippen molar-refractivity contribution in [2.45, 2.75) is 19.4 Å². The van der Waals surface area contributed by atoms with E-state index >= 15 is 0 Å². The highest BCUT2D eigenvalue weighted by Crippen LogP contribution is 2.29. The van der Waals surface area contributed by atoms with Crippen molar-refractivity contribution in [2.75, 3.05) is 18.0 Å². The summed E-state index contributed by atoms with van der Waals surface area (Å²) in [5.41, 5.74) is 5.71. The summed E-state index contributed by atoms with van der Waals surface area (Å²) in [5, 5.41) is 0. The minimum Gasteiger partial charge on any atom is -0.353 e. The zero-order valence-electron chi connectivity index (χ0n) is 8.73. The molecule has 0 aromatic carbocycles. The van der Waals surface area contributed by atoms with E-state index in [2.05, 4.69) is 44.4 Å². The Kier molecular flexibility index (Phi) is 3.40. The molecule has 0 amide bonds. The first kappa shape index (κ1) is 11.1. The molecule has 2 N–H and O–H groups in total. The Hall–Kier alpha value is -0.430. The summed E-state index contributed by atoms with van der Waals surface area (Å²) in [6.07, 6.45) is 4.63. The fraction of sp³-hybridized carbons (Fsp3) is 0.600. The smallest absolute Gasteiger partial charge is 0.145 e. The maximum Gasteiger partial charge on any atom is 0.145 e. The van der Waals surface area contributed by atoms with Gasteiger partial charge >= 0.3 is 0 Å². The number of nitrogens with zero attached hydrogens (tertiary/aromatic N) is 3. The predicted molar refractivity (Wildman–Crippen MR) is 68.7 cm³/mol. The molecule has 82 valence electrons. The molecule has 0 aliphatic carbocycles. The second kappa shape index (κ2) is 4.61. The molecule has 1 aliphatic rings. The van der Waals surface area contributed by atoms with E-state index in [1.165, 1.54) is 0 Å². The molecule has 1 fully saturated rings. The molecular weight excluding hydrogens is 303 g/mol. The van der Waals surface area contributed by atoms with Gasteiger partial charge in [0.1, 0.15) is 12.1 Å². The Morgan fingerprint density at radius 3 is 3.07 bits per heavy atom. The normalized spacial score (nSPS) is 25.9. The highest BCUT2D eigenvalue weighted by Gasteiger charge is 2.29. The summed E-state index contributed by atoms with van der Waals surface area (Å²) < 4.78 is 1.11. The fourth-order valence-electron chi connectivity index (χ4n) is 2.13. The Labute approximate surface area is 103 Å². The van der Waals surface area contributed by atoms with Crippen LogP contribution in [0.2, 0.25) is 0 Å². The predicted octanol–water partition coefficient (Wildman–Crippen LogP) is 1.25. The molecule has 1 aromatic rings. The highest BCUT2D eigenvalue weighted by atomic mass is 127. The second-order valence-electron chi connectivity index (χ2n) is 4.03. The van der Waals surface area contributed by atoms with Gasteiger partial charge in [0.25, 0.3) is 0 Å². The van der Waals surface area contributed by atoms with E-state index in [1.807, 2.05) is 6.20 Å². The standard InChI is InChI=1S/C10H15IN4/c1-7-2-8(3-12)5-15(7)10-9(11)4-13-6-14-10/h4,6-8H,2-3,5,12H2,1H3. The zero-order valence-corrected chi connectivity index (χ0v) is 10.9. The van der Waals surface area contributed by atoms with Crippen molar-refractivity contribution in [1.29, 1.82) is 0 Å². The molecule has 0 radical (unpaired) electrons. The summed E-state index contributed by atoms with van der Waals surface area (Å²) in [5.74, 6) is 1.65. The minimum atomic E-state index is 0.530. The SMILES string of the molecule is CC1CC(CN)CN1c1ncncc1I. The molecule has 5 heteroatoms. The first-order valence-electron chi connectivity index (χ1n) is 5.14. The van der Waals surface area contributed by atoms with Gasteiger partial charge in [0.2, 0.25) is 0 Å². The van der Waals surface area contributed by atoms with Crippen LogP contribution in [0.1, 0.15) is 13.3 Å². The molecular formula is C10H15IN4. The lowest BCUT2D eigenvalue weighted by atomic mass is 10.1. The lowest BCUT2D eigenvalue weighted by Crippen LogP contribution is -2.29. The first-order valence-corrected chi connectivity index (χ1v) is 6.22. The molecule has 15 heavy (non-hydrogen) atoms. The van der Waals surface area contributed by atoms with Gasteiger partial charge in [0, 0.05) is 18.8 Å². The Balaban J connectivity index is 2.21. The van der Waals surface area contributed by atoms with Crippen molar-refractivity contribution in [3.05, 3.63) is 16.1 Å². The van der Waals surface area contributed by atoms with Crippen molar-refractivity contribution >= 4 is 28.4 Å². The minimum absolute atomic E-state index is 0.530. The molecule has 2 heterocycles. The number of aromatic nitrogens is 2. The summed E-state index contributed by atoms with van der Waals surface area (Å²) in [7, 11) is 0. The van der Waals surface area contributed by atoms with E-state index in [9.17, 15) is 0 Å². The van der Waals surface area contributed by atoms with E-state index < -0.39 is 0 Å². The molecule has 2 rings (SSSR count). The van der Waals surface area contributed by atoms with Gasteiger partial charge in [-0.3, -0.25) is 0 Å². The van der Waals surface area contributed by atoms with E-state index in [4.69, 9.17) is 5.73 Å². The van der Waals surface area contributed by atoms with Crippen molar-refractivity contribution in [2.24, 2.45) is 11.7 Å². The van der Waals surface area contributed by atoms with Crippen molar-refractivity contribution < 1.29 is 0 Å². The number of hydrogen-bond donors (Lipinski definition) is 1. The molecule has 2 atom stereocenters. The van der Waals surface area contributed by atoms with Gasteiger partial charge in [-0.15, -0.1) is 0 Å². The fourth-order valence-corrected chi connectivity index (χ4v) is 2.74. The molecule has 0 bridgehead atoms. The highest BCUT2D eigenvalue weighted by molar-refractivity contribution is 14.1. The third kappa shape index (κ3) is 2.23. The van der Waals surface area contributed by atoms with Gasteiger partial charge in [0.15, 0.2) is 0 Å². The Bertz CT molecular complexity index is 344. The van der Waals surface area contributed by atoms with Crippen LogP contribution in [0.4, 0.5) is 5.82 Å². The monoisotopic (exact) mass is 318 g/mol. The van der Waals surface area contributed by atoms with Crippen molar-refractivity contribution in [3.63, 3.8) is 0 Å². The van der Waals surface area contributed by atoms with Crippen LogP contribution in [0.3, 0.4) is 0 Å². The van der Waals surface area contributed by atoms with Crippen LogP contribution < -0.4 is 10.6 Å². The summed E-state index contributed by atoms with van der Waals surface area (Å²) in [4.78, 5) is 10.7. The Morgan fingerprint density at radius 2 is 2.47 bits per heavy atom. The largest absolute Gasteiger partial charge is 0.353 e. The van der Waals surface area contributed by atoms with Gasteiger partial charge in [-0.25, -0.2) is 9.97 Å². The topological polar surface area (TPSA) is 55.0 Å². The maximum atomic E-state index is 5.71. The van der Waals surface area contributed by atoms with Gasteiger partial charge in [-0.1, -0.05) is 0 Å². The van der Waals surface area contributed by atoms with Crippen LogP contribution >= 0.6 is 22.6 Å². The first-order chi connectivity index (χ1) is 7.22. The van der Waals surface area contributed by atoms with Gasteiger partial charge in [-0.05, 0) is 48.4 Å². The van der Waals surface area contributed by atoms with Crippen molar-refractivity contribution in [3.8, 4) is 0 Å². The molecule has 1 aromatic heterocycles. The zero-order chi connectivity index (χ0) is 10.8. The summed E-state index contributed by atoms with van der Waals surface area (Å²) >= 11 is 2.28. The average molecular weight is 318 g/mol. The van der Waals surface area contributed by atoms with Gasteiger partial charge in [-0.2, -0.15) is 0 Å². The lowest BCUT2D eigenvalue weighted by molar-refractivity contribution is 0.579. The lowest BCUT2D eigenvalue weighted by Gasteiger charge is -2.23. The average Bonchev–Trinajstić information content (AvgIpc) is 2.60. The van der Waals surface area contributed by atoms with E-state index in [0.29, 0.717) is 12.0 Å². The van der Waals surface area contributed by atoms with Crippen LogP contribution in [-0.4, -0.2) is 29.1 Å². The molecule has 1 saturated heterocycles.